The molecule has 0 aromatic heterocycles. The Bertz CT molecular complexity index is 708. The van der Waals surface area contributed by atoms with Crippen LogP contribution in [0.15, 0.2) is 34.5 Å². The Morgan fingerprint density at radius 1 is 1.07 bits per heavy atom. The number of hydrogen-bond acceptors (Lipinski definition) is 6. The molecule has 3 aliphatic heterocycles. The van der Waals surface area contributed by atoms with Crippen LogP contribution in [0.1, 0.15) is 24.8 Å². The van der Waals surface area contributed by atoms with Crippen LogP contribution in [-0.2, 0) is 6.42 Å². The summed E-state index contributed by atoms with van der Waals surface area (Å²) in [5.41, 5.74) is 7.15. The fourth-order valence-electron chi connectivity index (χ4n) is 4.57. The van der Waals surface area contributed by atoms with Crippen LogP contribution in [0.25, 0.3) is 0 Å². The van der Waals surface area contributed by atoms with Crippen molar-refractivity contribution in [1.82, 2.24) is 14.7 Å². The first-order chi connectivity index (χ1) is 13.1. The molecule has 0 aliphatic carbocycles. The summed E-state index contributed by atoms with van der Waals surface area (Å²) in [5, 5.41) is 9.04. The molecular formula is C20H29ClN6. The van der Waals surface area contributed by atoms with Gasteiger partial charge in [-0.2, -0.15) is 0 Å². The van der Waals surface area contributed by atoms with Crippen LogP contribution in [0.5, 0.6) is 0 Å². The van der Waals surface area contributed by atoms with E-state index in [1.54, 1.807) is 0 Å². The largest absolute Gasteiger partial charge is 0.385 e. The normalized spacial score (nSPS) is 25.6. The van der Waals surface area contributed by atoms with Gasteiger partial charge in [-0.15, -0.1) is 10.2 Å². The molecule has 1 aromatic rings. The van der Waals surface area contributed by atoms with E-state index < -0.39 is 0 Å². The van der Waals surface area contributed by atoms with Gasteiger partial charge in [-0.25, -0.2) is 0 Å². The predicted octanol–water partition coefficient (Wildman–Crippen LogP) is 2.04. The number of benzene rings is 1. The van der Waals surface area contributed by atoms with Gasteiger partial charge in [0.1, 0.15) is 11.7 Å². The maximum absolute atomic E-state index is 6.06. The summed E-state index contributed by atoms with van der Waals surface area (Å²) in [7, 11) is 2.23. The van der Waals surface area contributed by atoms with Gasteiger partial charge in [0.15, 0.2) is 0 Å². The minimum Gasteiger partial charge on any atom is -0.385 e. The van der Waals surface area contributed by atoms with Crippen molar-refractivity contribution in [2.75, 3.05) is 39.8 Å². The van der Waals surface area contributed by atoms with Crippen LogP contribution in [0.4, 0.5) is 0 Å². The summed E-state index contributed by atoms with van der Waals surface area (Å²) in [6.45, 7) is 5.52. The van der Waals surface area contributed by atoms with Crippen LogP contribution in [-0.4, -0.2) is 78.2 Å². The van der Waals surface area contributed by atoms with Crippen LogP contribution in [0, 0.1) is 0 Å². The number of likely N-dealkylation sites (tertiary alicyclic amines) is 1. The standard InChI is InChI=1S/C20H29ClN6/c1-25-10-11-27(18(14-25)12-15-2-4-16(21)5-3-15)17-6-8-26(9-7-17)20-13-19(22)23-24-20/h2-5,17-18H,6-14H2,1H3,(H2,22,23)/t18-/m0/s1. The number of piperazine rings is 1. The van der Waals surface area contributed by atoms with Crippen molar-refractivity contribution in [2.45, 2.75) is 37.8 Å². The summed E-state index contributed by atoms with van der Waals surface area (Å²) < 4.78 is 0. The average molecular weight is 389 g/mol. The number of likely N-dealkylation sites (N-methyl/N-ethyl adjacent to an activating group) is 1. The fourth-order valence-corrected chi connectivity index (χ4v) is 4.69. The molecular weight excluding hydrogens is 360 g/mol. The maximum atomic E-state index is 6.06. The lowest BCUT2D eigenvalue weighted by Crippen LogP contribution is -2.58. The van der Waals surface area contributed by atoms with Gasteiger partial charge in [0.05, 0.1) is 6.42 Å². The topological polar surface area (TPSA) is 60.5 Å². The molecule has 2 N–H and O–H groups in total. The molecule has 1 aromatic carbocycles. The van der Waals surface area contributed by atoms with E-state index in [1.807, 2.05) is 12.1 Å². The minimum atomic E-state index is 0.560. The van der Waals surface area contributed by atoms with Gasteiger partial charge in [0, 0.05) is 49.8 Å². The van der Waals surface area contributed by atoms with Crippen molar-refractivity contribution < 1.29 is 0 Å². The molecule has 146 valence electrons. The quantitative estimate of drug-likeness (QED) is 0.860. The molecule has 0 spiro atoms. The van der Waals surface area contributed by atoms with Crippen molar-refractivity contribution in [1.29, 1.82) is 0 Å². The van der Waals surface area contributed by atoms with Gasteiger partial charge in [-0.05, 0) is 44.0 Å². The molecule has 1 atom stereocenters. The van der Waals surface area contributed by atoms with E-state index in [4.69, 9.17) is 17.3 Å². The number of rotatable bonds is 3. The van der Waals surface area contributed by atoms with E-state index in [1.165, 1.54) is 18.4 Å². The van der Waals surface area contributed by atoms with Gasteiger partial charge in [0.25, 0.3) is 0 Å². The highest BCUT2D eigenvalue weighted by molar-refractivity contribution is 6.30. The van der Waals surface area contributed by atoms with Crippen LogP contribution >= 0.6 is 11.6 Å². The first-order valence-corrected chi connectivity index (χ1v) is 10.3. The van der Waals surface area contributed by atoms with Crippen LogP contribution in [0.3, 0.4) is 0 Å². The molecule has 7 heteroatoms. The third-order valence-electron chi connectivity index (χ3n) is 6.05. The molecule has 3 heterocycles. The molecule has 4 rings (SSSR count). The molecule has 2 saturated heterocycles. The second kappa shape index (κ2) is 8.17. The summed E-state index contributed by atoms with van der Waals surface area (Å²) in [6.07, 6.45) is 4.15. The van der Waals surface area contributed by atoms with Gasteiger partial charge >= 0.3 is 0 Å². The van der Waals surface area contributed by atoms with Crippen molar-refractivity contribution in [2.24, 2.45) is 15.9 Å². The predicted molar refractivity (Wildman–Crippen MR) is 111 cm³/mol. The van der Waals surface area contributed by atoms with Crippen molar-refractivity contribution >= 4 is 23.3 Å². The second-order valence-corrected chi connectivity index (χ2v) is 8.42. The minimum absolute atomic E-state index is 0.560. The van der Waals surface area contributed by atoms with Crippen LogP contribution in [0.2, 0.25) is 5.02 Å². The van der Waals surface area contributed by atoms with E-state index in [0.29, 0.717) is 24.3 Å². The molecule has 0 saturated carbocycles. The zero-order chi connectivity index (χ0) is 18.8. The molecule has 2 fully saturated rings. The van der Waals surface area contributed by atoms with E-state index in [9.17, 15) is 0 Å². The zero-order valence-electron chi connectivity index (χ0n) is 16.0. The van der Waals surface area contributed by atoms with Crippen LogP contribution < -0.4 is 5.73 Å². The number of nitrogens with two attached hydrogens (primary N) is 1. The summed E-state index contributed by atoms with van der Waals surface area (Å²) in [6, 6.07) is 9.54. The molecule has 0 unspecified atom stereocenters. The summed E-state index contributed by atoms with van der Waals surface area (Å²) in [4.78, 5) is 7.58. The fraction of sp³-hybridized carbons (Fsp3) is 0.600. The highest BCUT2D eigenvalue weighted by Crippen LogP contribution is 2.25. The monoisotopic (exact) mass is 388 g/mol. The van der Waals surface area contributed by atoms with Crippen molar-refractivity contribution in [3.63, 3.8) is 0 Å². The SMILES string of the molecule is CN1CCN(C2CCN(C3=NN=C(N)C3)CC2)[C@@H](Cc2ccc(Cl)cc2)C1. The van der Waals surface area contributed by atoms with E-state index in [2.05, 4.69) is 44.1 Å². The molecule has 0 amide bonds. The lowest BCUT2D eigenvalue weighted by Gasteiger charge is -2.47. The number of amidine groups is 2. The van der Waals surface area contributed by atoms with E-state index in [0.717, 1.165) is 50.0 Å². The number of halogens is 1. The Kier molecular flexibility index (Phi) is 5.66. The average Bonchev–Trinajstić information content (AvgIpc) is 3.10. The maximum Gasteiger partial charge on any atom is 0.135 e. The van der Waals surface area contributed by atoms with Gasteiger partial charge in [-0.1, -0.05) is 23.7 Å². The Morgan fingerprint density at radius 3 is 2.48 bits per heavy atom. The van der Waals surface area contributed by atoms with Crippen molar-refractivity contribution in [3.05, 3.63) is 34.9 Å². The number of piperidine rings is 1. The smallest absolute Gasteiger partial charge is 0.135 e. The Balaban J connectivity index is 1.38. The molecule has 0 bridgehead atoms. The second-order valence-electron chi connectivity index (χ2n) is 7.99. The highest BCUT2D eigenvalue weighted by Gasteiger charge is 2.33. The first kappa shape index (κ1) is 18.7. The molecule has 3 aliphatic rings. The zero-order valence-corrected chi connectivity index (χ0v) is 16.8. The number of nitrogens with zero attached hydrogens (tertiary/aromatic N) is 5. The first-order valence-electron chi connectivity index (χ1n) is 9.91. The van der Waals surface area contributed by atoms with Crippen molar-refractivity contribution in [3.8, 4) is 0 Å². The van der Waals surface area contributed by atoms with Gasteiger partial charge in [-0.3, -0.25) is 4.90 Å². The number of hydrogen-bond donors (Lipinski definition) is 1. The molecule has 27 heavy (non-hydrogen) atoms. The van der Waals surface area contributed by atoms with Gasteiger partial charge in [0.2, 0.25) is 0 Å². The summed E-state index contributed by atoms with van der Waals surface area (Å²) >= 11 is 6.06. The lowest BCUT2D eigenvalue weighted by atomic mass is 9.95. The van der Waals surface area contributed by atoms with Gasteiger partial charge < -0.3 is 15.5 Å². The Labute approximate surface area is 166 Å². The van der Waals surface area contributed by atoms with E-state index in [-0.39, 0.29) is 0 Å². The third-order valence-corrected chi connectivity index (χ3v) is 6.30. The summed E-state index contributed by atoms with van der Waals surface area (Å²) in [5.74, 6) is 1.68. The Morgan fingerprint density at radius 2 is 1.81 bits per heavy atom. The van der Waals surface area contributed by atoms with E-state index >= 15 is 0 Å². The third kappa shape index (κ3) is 4.45. The molecule has 6 nitrogen and oxygen atoms in total. The molecule has 0 radical (unpaired) electrons. The lowest BCUT2D eigenvalue weighted by molar-refractivity contribution is 0.0313. The highest BCUT2D eigenvalue weighted by atomic mass is 35.5. The Hall–Kier alpha value is -1.63.